The Morgan fingerprint density at radius 1 is 1.50 bits per heavy atom. The molecule has 110 valence electrons. The van der Waals surface area contributed by atoms with Crippen LogP contribution in [0.1, 0.15) is 31.4 Å². The number of hydrogen-bond donors (Lipinski definition) is 2. The molecule has 1 aliphatic heterocycles. The van der Waals surface area contributed by atoms with Crippen LogP contribution in [0.15, 0.2) is 18.2 Å². The second-order valence-electron chi connectivity index (χ2n) is 4.93. The van der Waals surface area contributed by atoms with E-state index < -0.39 is 6.10 Å². The molecule has 2 rings (SSSR count). The van der Waals surface area contributed by atoms with Crippen molar-refractivity contribution in [2.45, 2.75) is 38.0 Å². The maximum Gasteiger partial charge on any atom is 0.249 e. The molecule has 1 heterocycles. The molecule has 4 nitrogen and oxygen atoms in total. The predicted molar refractivity (Wildman–Crippen MR) is 80.0 cm³/mol. The maximum absolute atomic E-state index is 12.1. The van der Waals surface area contributed by atoms with Crippen LogP contribution < -0.4 is 11.1 Å². The quantitative estimate of drug-likeness (QED) is 0.897. The Morgan fingerprint density at radius 2 is 2.25 bits per heavy atom. The predicted octanol–water partition coefficient (Wildman–Crippen LogP) is 2.68. The number of rotatable bonds is 4. The van der Waals surface area contributed by atoms with Crippen LogP contribution in [0.3, 0.4) is 0 Å². The third-order valence-corrected chi connectivity index (χ3v) is 4.30. The molecule has 1 aliphatic rings. The summed E-state index contributed by atoms with van der Waals surface area (Å²) in [6.07, 6.45) is 1.07. The lowest BCUT2D eigenvalue weighted by molar-refractivity contribution is -0.132. The fourth-order valence-electron chi connectivity index (χ4n) is 2.31. The molecular formula is C14H18Cl2N2O2. The van der Waals surface area contributed by atoms with Crippen molar-refractivity contribution in [1.82, 2.24) is 5.32 Å². The Balaban J connectivity index is 1.99. The van der Waals surface area contributed by atoms with Gasteiger partial charge >= 0.3 is 0 Å². The van der Waals surface area contributed by atoms with E-state index in [2.05, 4.69) is 5.32 Å². The molecule has 0 spiro atoms. The van der Waals surface area contributed by atoms with Gasteiger partial charge in [0.15, 0.2) is 0 Å². The van der Waals surface area contributed by atoms with E-state index in [0.717, 1.165) is 12.0 Å². The lowest BCUT2D eigenvalue weighted by atomic mass is 10.1. The first kappa shape index (κ1) is 15.6. The summed E-state index contributed by atoms with van der Waals surface area (Å²) in [5.74, 6) is -0.135. The average molecular weight is 317 g/mol. The van der Waals surface area contributed by atoms with Gasteiger partial charge in [-0.2, -0.15) is 0 Å². The number of nitrogens with one attached hydrogen (secondary N) is 1. The zero-order chi connectivity index (χ0) is 14.7. The second-order valence-corrected chi connectivity index (χ2v) is 5.72. The molecule has 1 aromatic carbocycles. The molecule has 6 heteroatoms. The van der Waals surface area contributed by atoms with Crippen molar-refractivity contribution in [3.05, 3.63) is 33.8 Å². The zero-order valence-electron chi connectivity index (χ0n) is 11.2. The highest BCUT2D eigenvalue weighted by atomic mass is 35.5. The van der Waals surface area contributed by atoms with E-state index in [1.807, 2.05) is 19.1 Å². The average Bonchev–Trinajstić information content (AvgIpc) is 2.90. The van der Waals surface area contributed by atoms with Crippen LogP contribution in [0.2, 0.25) is 10.0 Å². The van der Waals surface area contributed by atoms with Gasteiger partial charge in [-0.25, -0.2) is 0 Å². The monoisotopic (exact) mass is 316 g/mol. The number of carbonyl (C=O) groups is 1. The summed E-state index contributed by atoms with van der Waals surface area (Å²) < 4.78 is 5.57. The molecule has 1 fully saturated rings. The van der Waals surface area contributed by atoms with Crippen molar-refractivity contribution >= 4 is 29.1 Å². The maximum atomic E-state index is 12.1. The molecular weight excluding hydrogens is 299 g/mol. The van der Waals surface area contributed by atoms with Gasteiger partial charge in [0.25, 0.3) is 0 Å². The van der Waals surface area contributed by atoms with Crippen molar-refractivity contribution in [1.29, 1.82) is 0 Å². The largest absolute Gasteiger partial charge is 0.364 e. The van der Waals surface area contributed by atoms with Gasteiger partial charge in [0.05, 0.1) is 22.2 Å². The van der Waals surface area contributed by atoms with Gasteiger partial charge in [-0.1, -0.05) is 35.3 Å². The van der Waals surface area contributed by atoms with Gasteiger partial charge in [0.1, 0.15) is 6.10 Å². The van der Waals surface area contributed by atoms with Crippen LogP contribution >= 0.6 is 23.2 Å². The molecule has 3 N–H and O–H groups in total. The van der Waals surface area contributed by atoms with E-state index in [4.69, 9.17) is 33.7 Å². The summed E-state index contributed by atoms with van der Waals surface area (Å²) in [6, 6.07) is 5.14. The Kier molecular flexibility index (Phi) is 5.27. The van der Waals surface area contributed by atoms with Crippen LogP contribution in [-0.4, -0.2) is 24.7 Å². The van der Waals surface area contributed by atoms with Crippen LogP contribution in [0, 0.1) is 0 Å². The van der Waals surface area contributed by atoms with E-state index in [1.165, 1.54) is 0 Å². The van der Waals surface area contributed by atoms with Gasteiger partial charge in [-0.05, 0) is 31.4 Å². The summed E-state index contributed by atoms with van der Waals surface area (Å²) in [5, 5.41) is 3.85. The Hall–Kier alpha value is -0.810. The number of halogens is 2. The van der Waals surface area contributed by atoms with Crippen molar-refractivity contribution in [3.63, 3.8) is 0 Å². The smallest absolute Gasteiger partial charge is 0.249 e. The molecule has 3 atom stereocenters. The Labute approximate surface area is 128 Å². The second kappa shape index (κ2) is 6.76. The highest BCUT2D eigenvalue weighted by Crippen LogP contribution is 2.30. The van der Waals surface area contributed by atoms with E-state index >= 15 is 0 Å². The molecule has 0 aromatic heterocycles. The summed E-state index contributed by atoms with van der Waals surface area (Å²) in [4.78, 5) is 12.1. The number of carbonyl (C=O) groups excluding carboxylic acids is 1. The van der Waals surface area contributed by atoms with Crippen molar-refractivity contribution in [2.24, 2.45) is 5.73 Å². The fraction of sp³-hybridized carbons (Fsp3) is 0.500. The first-order chi connectivity index (χ1) is 9.52. The molecule has 0 aliphatic carbocycles. The Bertz CT molecular complexity index is 496. The van der Waals surface area contributed by atoms with Crippen molar-refractivity contribution in [2.75, 3.05) is 6.54 Å². The normalized spacial score (nSPS) is 23.6. The minimum atomic E-state index is -0.427. The summed E-state index contributed by atoms with van der Waals surface area (Å²) >= 11 is 12.1. The van der Waals surface area contributed by atoms with E-state index in [1.54, 1.807) is 6.07 Å². The number of amides is 1. The highest BCUT2D eigenvalue weighted by molar-refractivity contribution is 6.42. The summed E-state index contributed by atoms with van der Waals surface area (Å²) in [5.41, 5.74) is 6.33. The minimum absolute atomic E-state index is 0.0178. The van der Waals surface area contributed by atoms with Gasteiger partial charge in [-0.15, -0.1) is 0 Å². The topological polar surface area (TPSA) is 64.4 Å². The summed E-state index contributed by atoms with van der Waals surface area (Å²) in [7, 11) is 0. The fourth-order valence-corrected chi connectivity index (χ4v) is 2.78. The number of nitrogens with two attached hydrogens (primary N) is 1. The third kappa shape index (κ3) is 3.44. The molecule has 20 heavy (non-hydrogen) atoms. The number of ether oxygens (including phenoxy) is 1. The molecule has 0 radical (unpaired) electrons. The van der Waals surface area contributed by atoms with E-state index in [-0.39, 0.29) is 18.1 Å². The zero-order valence-corrected chi connectivity index (χ0v) is 12.7. The standard InChI is InChI=1S/C14H18Cl2N2O2/c1-8(10-3-2-4-11(15)13(10)16)18-14(19)12-6-5-9(7-17)20-12/h2-4,8-9,12H,5-7,17H2,1H3,(H,18,19)/t8?,9-,12+/m1/s1. The van der Waals surface area contributed by atoms with Crippen molar-refractivity contribution in [3.8, 4) is 0 Å². The van der Waals surface area contributed by atoms with Crippen molar-refractivity contribution < 1.29 is 9.53 Å². The lowest BCUT2D eigenvalue weighted by Gasteiger charge is -2.19. The molecule has 1 aromatic rings. The minimum Gasteiger partial charge on any atom is -0.364 e. The molecule has 1 unspecified atom stereocenters. The molecule has 1 amide bonds. The third-order valence-electron chi connectivity index (χ3n) is 3.47. The lowest BCUT2D eigenvalue weighted by Crippen LogP contribution is -2.37. The van der Waals surface area contributed by atoms with Crippen LogP contribution in [0.25, 0.3) is 0 Å². The van der Waals surface area contributed by atoms with Gasteiger partial charge in [0.2, 0.25) is 5.91 Å². The molecule has 0 saturated carbocycles. The van der Waals surface area contributed by atoms with Crippen LogP contribution in [-0.2, 0) is 9.53 Å². The number of benzene rings is 1. The van der Waals surface area contributed by atoms with Gasteiger partial charge in [0, 0.05) is 6.54 Å². The summed E-state index contributed by atoms with van der Waals surface area (Å²) in [6.45, 7) is 2.31. The van der Waals surface area contributed by atoms with Gasteiger partial charge in [-0.3, -0.25) is 4.79 Å². The van der Waals surface area contributed by atoms with E-state index in [9.17, 15) is 4.79 Å². The molecule has 1 saturated heterocycles. The Morgan fingerprint density at radius 3 is 2.90 bits per heavy atom. The van der Waals surface area contributed by atoms with Gasteiger partial charge < -0.3 is 15.8 Å². The van der Waals surface area contributed by atoms with Crippen LogP contribution in [0.5, 0.6) is 0 Å². The SMILES string of the molecule is CC(NC(=O)[C@@H]1CC[C@H](CN)O1)c1cccc(Cl)c1Cl. The first-order valence-corrected chi connectivity index (χ1v) is 7.38. The molecule has 0 bridgehead atoms. The van der Waals surface area contributed by atoms with E-state index in [0.29, 0.717) is 23.0 Å². The number of hydrogen-bond acceptors (Lipinski definition) is 3. The highest BCUT2D eigenvalue weighted by Gasteiger charge is 2.30. The first-order valence-electron chi connectivity index (χ1n) is 6.62. The van der Waals surface area contributed by atoms with Crippen LogP contribution in [0.4, 0.5) is 0 Å².